The number of aryl methyl sites for hydroxylation is 1. The predicted octanol–water partition coefficient (Wildman–Crippen LogP) is 2.10. The van der Waals surface area contributed by atoms with Crippen LogP contribution < -0.4 is 16.6 Å². The van der Waals surface area contributed by atoms with Crippen LogP contribution >= 0.6 is 0 Å². The maximum Gasteiger partial charge on any atom is 0.328 e. The van der Waals surface area contributed by atoms with Gasteiger partial charge in [0.1, 0.15) is 5.82 Å². The van der Waals surface area contributed by atoms with Gasteiger partial charge in [-0.25, -0.2) is 9.18 Å². The molecule has 0 aliphatic rings. The smallest absolute Gasteiger partial charge is 0.328 e. The molecule has 2 N–H and O–H groups in total. The van der Waals surface area contributed by atoms with Crippen LogP contribution in [0.4, 0.5) is 4.39 Å². The number of fused-ring (bicyclic) bond motifs is 1. The Balaban J connectivity index is 1.71. The SMILES string of the molecule is CCn1c(=O)[nH]c2cc(C(=O)NC(c3ccc(F)cc3)c3cnn(C)c3)ccc2c1=O. The molecule has 158 valence electrons. The van der Waals surface area contributed by atoms with E-state index in [4.69, 9.17) is 0 Å². The first-order valence-electron chi connectivity index (χ1n) is 9.69. The van der Waals surface area contributed by atoms with Gasteiger partial charge in [-0.1, -0.05) is 12.1 Å². The Hall–Kier alpha value is -4.01. The number of carbonyl (C=O) groups excluding carboxylic acids is 1. The zero-order valence-corrected chi connectivity index (χ0v) is 16.9. The van der Waals surface area contributed by atoms with Crippen molar-refractivity contribution in [3.8, 4) is 0 Å². The molecule has 0 aliphatic carbocycles. The second kappa shape index (κ2) is 8.02. The minimum absolute atomic E-state index is 0.247. The fraction of sp³-hybridized carbons (Fsp3) is 0.182. The minimum atomic E-state index is -0.565. The van der Waals surface area contributed by atoms with E-state index in [1.54, 1.807) is 43.2 Å². The van der Waals surface area contributed by atoms with Crippen molar-refractivity contribution in [3.05, 3.63) is 98.2 Å². The van der Waals surface area contributed by atoms with Crippen LogP contribution in [0.15, 0.2) is 64.4 Å². The molecule has 0 aliphatic heterocycles. The van der Waals surface area contributed by atoms with E-state index in [-0.39, 0.29) is 23.4 Å². The van der Waals surface area contributed by atoms with Gasteiger partial charge >= 0.3 is 5.69 Å². The van der Waals surface area contributed by atoms with Gasteiger partial charge in [0.25, 0.3) is 11.5 Å². The average Bonchev–Trinajstić information content (AvgIpc) is 3.18. The lowest BCUT2D eigenvalue weighted by Gasteiger charge is -2.18. The molecule has 4 aromatic rings. The third-order valence-corrected chi connectivity index (χ3v) is 5.10. The van der Waals surface area contributed by atoms with Crippen molar-refractivity contribution in [2.24, 2.45) is 7.05 Å². The number of aromatic amines is 1. The summed E-state index contributed by atoms with van der Waals surface area (Å²) in [5.74, 6) is -0.795. The monoisotopic (exact) mass is 421 g/mol. The molecule has 2 aromatic carbocycles. The summed E-state index contributed by atoms with van der Waals surface area (Å²) in [6.45, 7) is 1.95. The van der Waals surface area contributed by atoms with Gasteiger partial charge in [0.15, 0.2) is 0 Å². The predicted molar refractivity (Wildman–Crippen MR) is 113 cm³/mol. The molecule has 2 heterocycles. The Kier molecular flexibility index (Phi) is 5.24. The van der Waals surface area contributed by atoms with Gasteiger partial charge in [0, 0.05) is 30.9 Å². The van der Waals surface area contributed by atoms with E-state index < -0.39 is 23.2 Å². The van der Waals surface area contributed by atoms with Crippen LogP contribution in [-0.4, -0.2) is 25.2 Å². The molecule has 0 saturated carbocycles. The summed E-state index contributed by atoms with van der Waals surface area (Å²) in [5.41, 5.74) is 1.02. The van der Waals surface area contributed by atoms with E-state index in [0.717, 1.165) is 10.1 Å². The molecule has 0 fully saturated rings. The average molecular weight is 421 g/mol. The van der Waals surface area contributed by atoms with Gasteiger partial charge < -0.3 is 10.3 Å². The highest BCUT2D eigenvalue weighted by molar-refractivity contribution is 5.98. The number of rotatable bonds is 5. The van der Waals surface area contributed by atoms with Crippen LogP contribution in [0.3, 0.4) is 0 Å². The van der Waals surface area contributed by atoms with Crippen LogP contribution in [0.5, 0.6) is 0 Å². The number of benzene rings is 2. The Morgan fingerprint density at radius 3 is 2.55 bits per heavy atom. The number of carbonyl (C=O) groups is 1. The van der Waals surface area contributed by atoms with Crippen molar-refractivity contribution in [2.75, 3.05) is 0 Å². The molecule has 8 nitrogen and oxygen atoms in total. The molecule has 1 amide bonds. The minimum Gasteiger partial charge on any atom is -0.341 e. The third kappa shape index (κ3) is 3.89. The number of aromatic nitrogens is 4. The summed E-state index contributed by atoms with van der Waals surface area (Å²) in [6, 6.07) is 9.79. The molecule has 4 rings (SSSR count). The van der Waals surface area contributed by atoms with Crippen LogP contribution in [-0.2, 0) is 13.6 Å². The summed E-state index contributed by atoms with van der Waals surface area (Å²) in [5, 5.41) is 7.40. The molecule has 0 saturated heterocycles. The molecule has 31 heavy (non-hydrogen) atoms. The lowest BCUT2D eigenvalue weighted by atomic mass is 10.0. The number of H-pyrrole nitrogens is 1. The summed E-state index contributed by atoms with van der Waals surface area (Å²) in [6.07, 6.45) is 3.39. The second-order valence-electron chi connectivity index (χ2n) is 7.15. The normalized spacial score (nSPS) is 12.1. The van der Waals surface area contributed by atoms with Gasteiger partial charge in [-0.05, 0) is 42.8 Å². The Bertz CT molecular complexity index is 1390. The number of hydrogen-bond acceptors (Lipinski definition) is 4. The summed E-state index contributed by atoms with van der Waals surface area (Å²) in [4.78, 5) is 40.2. The third-order valence-electron chi connectivity index (χ3n) is 5.10. The summed E-state index contributed by atoms with van der Waals surface area (Å²) in [7, 11) is 1.76. The molecular weight excluding hydrogens is 401 g/mol. The van der Waals surface area contributed by atoms with Crippen molar-refractivity contribution in [1.29, 1.82) is 0 Å². The van der Waals surface area contributed by atoms with Crippen molar-refractivity contribution >= 4 is 16.8 Å². The van der Waals surface area contributed by atoms with E-state index in [9.17, 15) is 18.8 Å². The molecule has 2 aromatic heterocycles. The molecular formula is C22H20FN5O3. The number of nitrogens with one attached hydrogen (secondary N) is 2. The lowest BCUT2D eigenvalue weighted by molar-refractivity contribution is 0.0943. The first kappa shape index (κ1) is 20.3. The van der Waals surface area contributed by atoms with Crippen LogP contribution in [0.2, 0.25) is 0 Å². The van der Waals surface area contributed by atoms with E-state index in [0.29, 0.717) is 10.9 Å². The van der Waals surface area contributed by atoms with Gasteiger partial charge in [-0.15, -0.1) is 0 Å². The molecule has 1 unspecified atom stereocenters. The van der Waals surface area contributed by atoms with Crippen LogP contribution in [0, 0.1) is 5.82 Å². The first-order valence-corrected chi connectivity index (χ1v) is 9.69. The largest absolute Gasteiger partial charge is 0.341 e. The van der Waals surface area contributed by atoms with Crippen molar-refractivity contribution in [2.45, 2.75) is 19.5 Å². The fourth-order valence-corrected chi connectivity index (χ4v) is 3.50. The molecule has 1 atom stereocenters. The molecule has 0 radical (unpaired) electrons. The van der Waals surface area contributed by atoms with Gasteiger partial charge in [-0.3, -0.25) is 18.8 Å². The number of hydrogen-bond donors (Lipinski definition) is 2. The lowest BCUT2D eigenvalue weighted by Crippen LogP contribution is -2.34. The maximum absolute atomic E-state index is 13.4. The highest BCUT2D eigenvalue weighted by Gasteiger charge is 2.20. The zero-order chi connectivity index (χ0) is 22.1. The van der Waals surface area contributed by atoms with E-state index >= 15 is 0 Å². The van der Waals surface area contributed by atoms with E-state index in [2.05, 4.69) is 15.4 Å². The van der Waals surface area contributed by atoms with Crippen molar-refractivity contribution < 1.29 is 9.18 Å². The van der Waals surface area contributed by atoms with E-state index in [1.165, 1.54) is 30.3 Å². The maximum atomic E-state index is 13.4. The molecule has 0 spiro atoms. The Morgan fingerprint density at radius 2 is 1.90 bits per heavy atom. The van der Waals surface area contributed by atoms with E-state index in [1.807, 2.05) is 0 Å². The quantitative estimate of drug-likeness (QED) is 0.515. The summed E-state index contributed by atoms with van der Waals surface area (Å²) >= 11 is 0. The topological polar surface area (TPSA) is 102 Å². The Labute approximate surface area is 176 Å². The van der Waals surface area contributed by atoms with Gasteiger partial charge in [0.05, 0.1) is 23.1 Å². The zero-order valence-electron chi connectivity index (χ0n) is 16.9. The Morgan fingerprint density at radius 1 is 1.16 bits per heavy atom. The van der Waals surface area contributed by atoms with Crippen molar-refractivity contribution in [1.82, 2.24) is 24.6 Å². The van der Waals surface area contributed by atoms with Gasteiger partial charge in [0.2, 0.25) is 0 Å². The van der Waals surface area contributed by atoms with Gasteiger partial charge in [-0.2, -0.15) is 5.10 Å². The highest BCUT2D eigenvalue weighted by Crippen LogP contribution is 2.23. The fourth-order valence-electron chi connectivity index (χ4n) is 3.50. The standard InChI is InChI=1S/C22H20FN5O3/c1-3-28-21(30)17-9-6-14(10-18(17)25-22(28)31)20(29)26-19(15-11-24-27(2)12-15)13-4-7-16(23)8-5-13/h4-12,19H,3H2,1-2H3,(H,25,31)(H,26,29). The van der Waals surface area contributed by atoms with Crippen LogP contribution in [0.25, 0.3) is 10.9 Å². The molecule has 0 bridgehead atoms. The highest BCUT2D eigenvalue weighted by atomic mass is 19.1. The first-order chi connectivity index (χ1) is 14.9. The number of amides is 1. The van der Waals surface area contributed by atoms with Crippen molar-refractivity contribution in [3.63, 3.8) is 0 Å². The van der Waals surface area contributed by atoms with Crippen LogP contribution in [0.1, 0.15) is 34.5 Å². The number of halogens is 1. The number of nitrogens with zero attached hydrogens (tertiary/aromatic N) is 3. The second-order valence-corrected chi connectivity index (χ2v) is 7.15. The summed E-state index contributed by atoms with van der Waals surface area (Å²) < 4.78 is 16.1. The molecule has 9 heteroatoms.